The Balaban J connectivity index is 3.35. The van der Waals surface area contributed by atoms with Crippen molar-refractivity contribution in [3.05, 3.63) is 29.3 Å². The highest BCUT2D eigenvalue weighted by atomic mass is 35.5. The summed E-state index contributed by atoms with van der Waals surface area (Å²) >= 11 is 11.3. The molecule has 0 heterocycles. The number of hydrogen-bond donors (Lipinski definition) is 1. The monoisotopic (exact) mass is 234 g/mol. The summed E-state index contributed by atoms with van der Waals surface area (Å²) in [7, 11) is 1.43. The summed E-state index contributed by atoms with van der Waals surface area (Å²) in [4.78, 5) is 9.90. The van der Waals surface area contributed by atoms with E-state index in [1.807, 2.05) is 0 Å². The molecule has 5 heteroatoms. The molecule has 0 fully saturated rings. The summed E-state index contributed by atoms with van der Waals surface area (Å²) in [5.41, 5.74) is 0.338. The normalized spacial score (nSPS) is 10.3. The average molecular weight is 235 g/mol. The molecule has 0 atom stereocenters. The molecule has 0 radical (unpaired) electrons. The molecule has 0 amide bonds. The smallest absolute Gasteiger partial charge is 0.336 e. The number of carboxylic acid groups (broad SMARTS) is 1. The number of rotatable bonds is 3. The van der Waals surface area contributed by atoms with Gasteiger partial charge in [0.25, 0.3) is 0 Å². The third-order valence-electron chi connectivity index (χ3n) is 1.73. The van der Waals surface area contributed by atoms with Gasteiger partial charge in [0.15, 0.2) is 0 Å². The summed E-state index contributed by atoms with van der Waals surface area (Å²) < 4.78 is 4.97. The molecule has 0 saturated carbocycles. The highest BCUT2D eigenvalue weighted by Crippen LogP contribution is 2.35. The SMILES string of the molecule is COc1cccc(C(=O)O)c1C(Cl)Cl. The molecule has 14 heavy (non-hydrogen) atoms. The minimum absolute atomic E-state index is 0.0550. The Bertz CT molecular complexity index is 350. The van der Waals surface area contributed by atoms with Crippen molar-refractivity contribution >= 4 is 29.2 Å². The fraction of sp³-hybridized carbons (Fsp3) is 0.222. The van der Waals surface area contributed by atoms with E-state index in [0.29, 0.717) is 5.75 Å². The van der Waals surface area contributed by atoms with E-state index >= 15 is 0 Å². The molecule has 0 saturated heterocycles. The molecule has 1 rings (SSSR count). The molecule has 76 valence electrons. The van der Waals surface area contributed by atoms with Crippen LogP contribution in [0.1, 0.15) is 20.8 Å². The first-order valence-corrected chi connectivity index (χ1v) is 4.63. The van der Waals surface area contributed by atoms with E-state index in [4.69, 9.17) is 33.0 Å². The Labute approximate surface area is 91.2 Å². The van der Waals surface area contributed by atoms with Gasteiger partial charge in [-0.15, -0.1) is 0 Å². The number of benzene rings is 1. The van der Waals surface area contributed by atoms with Gasteiger partial charge in [0.2, 0.25) is 0 Å². The fourth-order valence-electron chi connectivity index (χ4n) is 1.13. The standard InChI is InChI=1S/C9H8Cl2O3/c1-14-6-4-2-3-5(9(12)13)7(6)8(10)11/h2-4,8H,1H3,(H,12,13). The topological polar surface area (TPSA) is 46.5 Å². The van der Waals surface area contributed by atoms with Gasteiger partial charge in [-0.05, 0) is 12.1 Å². The molecule has 0 bridgehead atoms. The Morgan fingerprint density at radius 2 is 2.14 bits per heavy atom. The summed E-state index contributed by atoms with van der Waals surface area (Å²) in [6.45, 7) is 0. The van der Waals surface area contributed by atoms with E-state index in [9.17, 15) is 4.79 Å². The number of halogens is 2. The van der Waals surface area contributed by atoms with E-state index in [0.717, 1.165) is 0 Å². The van der Waals surface area contributed by atoms with Crippen molar-refractivity contribution in [2.24, 2.45) is 0 Å². The molecule has 0 aliphatic carbocycles. The molecule has 1 N–H and O–H groups in total. The largest absolute Gasteiger partial charge is 0.496 e. The molecule has 0 unspecified atom stereocenters. The third-order valence-corrected chi connectivity index (χ3v) is 2.17. The number of methoxy groups -OCH3 is 1. The highest BCUT2D eigenvalue weighted by Gasteiger charge is 2.19. The number of carboxylic acids is 1. The molecule has 0 aliphatic rings. The van der Waals surface area contributed by atoms with Crippen LogP contribution in [0.25, 0.3) is 0 Å². The summed E-state index contributed by atoms with van der Waals surface area (Å²) in [5.74, 6) is -0.704. The van der Waals surface area contributed by atoms with Crippen LogP contribution in [-0.4, -0.2) is 18.2 Å². The van der Waals surface area contributed by atoms with Crippen molar-refractivity contribution < 1.29 is 14.6 Å². The Morgan fingerprint density at radius 1 is 1.50 bits per heavy atom. The summed E-state index contributed by atoms with van der Waals surface area (Å²) in [6.07, 6.45) is 0. The quantitative estimate of drug-likeness (QED) is 0.819. The van der Waals surface area contributed by atoms with Gasteiger partial charge in [-0.25, -0.2) is 4.79 Å². The molecule has 1 aromatic carbocycles. The molecule has 0 aromatic heterocycles. The van der Waals surface area contributed by atoms with Crippen LogP contribution in [0.2, 0.25) is 0 Å². The Kier molecular flexibility index (Phi) is 3.61. The predicted octanol–water partition coefficient (Wildman–Crippen LogP) is 2.87. The lowest BCUT2D eigenvalue weighted by Crippen LogP contribution is -2.04. The van der Waals surface area contributed by atoms with Crippen molar-refractivity contribution in [3.8, 4) is 5.75 Å². The van der Waals surface area contributed by atoms with Gasteiger partial charge < -0.3 is 9.84 Å². The van der Waals surface area contributed by atoms with Crippen LogP contribution in [0.5, 0.6) is 5.75 Å². The zero-order valence-electron chi connectivity index (χ0n) is 7.33. The first-order chi connectivity index (χ1) is 6.57. The van der Waals surface area contributed by atoms with Gasteiger partial charge in [0, 0.05) is 5.56 Å². The van der Waals surface area contributed by atoms with E-state index in [1.54, 1.807) is 12.1 Å². The van der Waals surface area contributed by atoms with Crippen LogP contribution >= 0.6 is 23.2 Å². The van der Waals surface area contributed by atoms with Crippen molar-refractivity contribution in [3.63, 3.8) is 0 Å². The minimum Gasteiger partial charge on any atom is -0.496 e. The van der Waals surface area contributed by atoms with E-state index in [-0.39, 0.29) is 11.1 Å². The van der Waals surface area contributed by atoms with E-state index in [2.05, 4.69) is 0 Å². The average Bonchev–Trinajstić information content (AvgIpc) is 2.16. The fourth-order valence-corrected chi connectivity index (χ4v) is 1.58. The highest BCUT2D eigenvalue weighted by molar-refractivity contribution is 6.44. The first-order valence-electron chi connectivity index (χ1n) is 3.76. The minimum atomic E-state index is -1.08. The summed E-state index contributed by atoms with van der Waals surface area (Å²) in [5, 5.41) is 8.86. The zero-order valence-corrected chi connectivity index (χ0v) is 8.84. The molecule has 1 aromatic rings. The van der Waals surface area contributed by atoms with Gasteiger partial charge in [-0.2, -0.15) is 0 Å². The lowest BCUT2D eigenvalue weighted by molar-refractivity contribution is 0.0695. The zero-order chi connectivity index (χ0) is 10.7. The lowest BCUT2D eigenvalue weighted by atomic mass is 10.1. The van der Waals surface area contributed by atoms with Crippen molar-refractivity contribution in [2.75, 3.05) is 7.11 Å². The van der Waals surface area contributed by atoms with Crippen molar-refractivity contribution in [2.45, 2.75) is 4.84 Å². The molecule has 3 nitrogen and oxygen atoms in total. The number of aromatic carboxylic acids is 1. The van der Waals surface area contributed by atoms with Crippen LogP contribution in [-0.2, 0) is 0 Å². The number of alkyl halides is 2. The Morgan fingerprint density at radius 3 is 2.57 bits per heavy atom. The van der Waals surface area contributed by atoms with Gasteiger partial charge in [-0.1, -0.05) is 29.3 Å². The lowest BCUT2D eigenvalue weighted by Gasteiger charge is -2.11. The number of hydrogen-bond acceptors (Lipinski definition) is 2. The number of carbonyl (C=O) groups is 1. The maximum atomic E-state index is 10.8. The maximum Gasteiger partial charge on any atom is 0.336 e. The third kappa shape index (κ3) is 2.11. The van der Waals surface area contributed by atoms with Crippen molar-refractivity contribution in [1.29, 1.82) is 0 Å². The van der Waals surface area contributed by atoms with Crippen LogP contribution in [0.3, 0.4) is 0 Å². The van der Waals surface area contributed by atoms with Crippen LogP contribution in [0.15, 0.2) is 18.2 Å². The van der Waals surface area contributed by atoms with Gasteiger partial charge in [0.1, 0.15) is 10.6 Å². The predicted molar refractivity (Wildman–Crippen MR) is 54.4 cm³/mol. The van der Waals surface area contributed by atoms with E-state index < -0.39 is 10.8 Å². The second kappa shape index (κ2) is 4.53. The van der Waals surface area contributed by atoms with Crippen molar-refractivity contribution in [1.82, 2.24) is 0 Å². The van der Waals surface area contributed by atoms with Crippen LogP contribution in [0.4, 0.5) is 0 Å². The Hall–Kier alpha value is -0.930. The molecule has 0 spiro atoms. The van der Waals surface area contributed by atoms with Crippen LogP contribution in [0, 0.1) is 0 Å². The molecular weight excluding hydrogens is 227 g/mol. The summed E-state index contributed by atoms with van der Waals surface area (Å²) in [6, 6.07) is 4.61. The second-order valence-electron chi connectivity index (χ2n) is 2.53. The van der Waals surface area contributed by atoms with Crippen LogP contribution < -0.4 is 4.74 Å². The first kappa shape index (κ1) is 11.1. The van der Waals surface area contributed by atoms with Gasteiger partial charge in [-0.3, -0.25) is 0 Å². The molecule has 0 aliphatic heterocycles. The number of ether oxygens (including phenoxy) is 1. The maximum absolute atomic E-state index is 10.8. The van der Waals surface area contributed by atoms with Gasteiger partial charge >= 0.3 is 5.97 Å². The molecular formula is C9H8Cl2O3. The second-order valence-corrected chi connectivity index (χ2v) is 3.62. The van der Waals surface area contributed by atoms with E-state index in [1.165, 1.54) is 13.2 Å². The van der Waals surface area contributed by atoms with Gasteiger partial charge in [0.05, 0.1) is 12.7 Å².